The van der Waals surface area contributed by atoms with Crippen molar-refractivity contribution in [2.45, 2.75) is 6.42 Å². The third kappa shape index (κ3) is 5.34. The first-order valence-corrected chi connectivity index (χ1v) is 7.79. The van der Waals surface area contributed by atoms with Gasteiger partial charge in [0.15, 0.2) is 0 Å². The molecule has 0 aliphatic heterocycles. The number of phenolic OH excluding ortho intramolecular Hbond substituents is 1. The molecule has 0 radical (unpaired) electrons. The molecule has 0 aromatic heterocycles. The Labute approximate surface area is 149 Å². The van der Waals surface area contributed by atoms with Crippen LogP contribution in [-0.4, -0.2) is 23.6 Å². The highest BCUT2D eigenvalue weighted by atomic mass is 35.5. The van der Waals surface area contributed by atoms with E-state index in [1.807, 2.05) is 18.2 Å². The lowest BCUT2D eigenvalue weighted by Gasteiger charge is -2.03. The number of benzene rings is 2. The van der Waals surface area contributed by atoms with E-state index in [1.54, 1.807) is 18.2 Å². The number of carbonyl (C=O) groups excluding carboxylic acids is 2. The molecule has 0 spiro atoms. The van der Waals surface area contributed by atoms with E-state index in [0.29, 0.717) is 12.0 Å². The first-order valence-electron chi connectivity index (χ1n) is 7.42. The number of amides is 1. The first-order chi connectivity index (χ1) is 12.0. The largest absolute Gasteiger partial charge is 0.506 e. The van der Waals surface area contributed by atoms with Gasteiger partial charge in [-0.1, -0.05) is 35.9 Å². The first kappa shape index (κ1) is 18.5. The van der Waals surface area contributed by atoms with E-state index in [-0.39, 0.29) is 28.8 Å². The van der Waals surface area contributed by atoms with Gasteiger partial charge < -0.3 is 9.84 Å². The number of hydrazine groups is 1. The molecule has 2 rings (SSSR count). The minimum absolute atomic E-state index is 0.0897. The molecule has 0 atom stereocenters. The Balaban J connectivity index is 1.80. The highest BCUT2D eigenvalue weighted by molar-refractivity contribution is 6.32. The SMILES string of the molecule is NNC(=O)c1ccc(CC=CCOC(=O)c2ccc(O)c(Cl)c2)cc1. The molecule has 1 amide bonds. The van der Waals surface area contributed by atoms with Crippen LogP contribution in [0.4, 0.5) is 0 Å². The Morgan fingerprint density at radius 3 is 2.44 bits per heavy atom. The van der Waals surface area contributed by atoms with Crippen LogP contribution in [0.5, 0.6) is 5.75 Å². The molecule has 6 nitrogen and oxygen atoms in total. The number of allylic oxidation sites excluding steroid dienone is 1. The number of carbonyl (C=O) groups is 2. The van der Waals surface area contributed by atoms with Crippen LogP contribution in [0.25, 0.3) is 0 Å². The number of esters is 1. The van der Waals surface area contributed by atoms with Crippen molar-refractivity contribution in [3.8, 4) is 5.75 Å². The van der Waals surface area contributed by atoms with Crippen LogP contribution >= 0.6 is 11.6 Å². The second-order valence-corrected chi connectivity index (χ2v) is 5.52. The molecule has 25 heavy (non-hydrogen) atoms. The zero-order chi connectivity index (χ0) is 18.2. The van der Waals surface area contributed by atoms with Gasteiger partial charge in [-0.3, -0.25) is 10.2 Å². The maximum absolute atomic E-state index is 11.8. The molecule has 2 aromatic carbocycles. The van der Waals surface area contributed by atoms with Crippen molar-refractivity contribution in [3.63, 3.8) is 0 Å². The number of aromatic hydroxyl groups is 1. The lowest BCUT2D eigenvalue weighted by Crippen LogP contribution is -2.29. The summed E-state index contributed by atoms with van der Waals surface area (Å²) in [4.78, 5) is 23.2. The van der Waals surface area contributed by atoms with Crippen molar-refractivity contribution in [3.05, 3.63) is 76.3 Å². The Morgan fingerprint density at radius 2 is 1.80 bits per heavy atom. The van der Waals surface area contributed by atoms with Gasteiger partial charge in [-0.2, -0.15) is 0 Å². The number of nitrogens with one attached hydrogen (secondary N) is 1. The maximum Gasteiger partial charge on any atom is 0.338 e. The average molecular weight is 361 g/mol. The van der Waals surface area contributed by atoms with Gasteiger partial charge in [0.2, 0.25) is 0 Å². The second-order valence-electron chi connectivity index (χ2n) is 5.11. The molecule has 0 aliphatic carbocycles. The van der Waals surface area contributed by atoms with Crippen LogP contribution in [0.3, 0.4) is 0 Å². The zero-order valence-electron chi connectivity index (χ0n) is 13.2. The van der Waals surface area contributed by atoms with E-state index in [4.69, 9.17) is 22.2 Å². The Morgan fingerprint density at radius 1 is 1.12 bits per heavy atom. The summed E-state index contributed by atoms with van der Waals surface area (Å²) < 4.78 is 5.09. The smallest absolute Gasteiger partial charge is 0.338 e. The molecule has 0 unspecified atom stereocenters. The Bertz CT molecular complexity index is 788. The van der Waals surface area contributed by atoms with Crippen LogP contribution in [0.1, 0.15) is 26.3 Å². The summed E-state index contributed by atoms with van der Waals surface area (Å²) in [5.41, 5.74) is 3.82. The van der Waals surface area contributed by atoms with Gasteiger partial charge in [-0.05, 0) is 42.3 Å². The van der Waals surface area contributed by atoms with E-state index >= 15 is 0 Å². The molecule has 7 heteroatoms. The van der Waals surface area contributed by atoms with Crippen LogP contribution in [-0.2, 0) is 11.2 Å². The summed E-state index contributed by atoms with van der Waals surface area (Å²) in [6.07, 6.45) is 4.21. The molecule has 2 aromatic rings. The van der Waals surface area contributed by atoms with Crippen LogP contribution in [0.2, 0.25) is 5.02 Å². The van der Waals surface area contributed by atoms with Gasteiger partial charge in [-0.25, -0.2) is 10.6 Å². The van der Waals surface area contributed by atoms with Crippen molar-refractivity contribution in [2.24, 2.45) is 5.84 Å². The number of ether oxygens (including phenoxy) is 1. The normalized spacial score (nSPS) is 10.6. The third-order valence-corrected chi connectivity index (χ3v) is 3.66. The lowest BCUT2D eigenvalue weighted by molar-refractivity contribution is 0.0549. The van der Waals surface area contributed by atoms with Gasteiger partial charge in [0, 0.05) is 5.56 Å². The van der Waals surface area contributed by atoms with Gasteiger partial charge in [0.1, 0.15) is 12.4 Å². The molecule has 0 bridgehead atoms. The number of rotatable bonds is 6. The van der Waals surface area contributed by atoms with Crippen molar-refractivity contribution in [2.75, 3.05) is 6.61 Å². The zero-order valence-corrected chi connectivity index (χ0v) is 14.0. The Hall–Kier alpha value is -2.83. The molecule has 0 aliphatic rings. The predicted molar refractivity (Wildman–Crippen MR) is 94.3 cm³/mol. The summed E-state index contributed by atoms with van der Waals surface area (Å²) in [6, 6.07) is 11.1. The van der Waals surface area contributed by atoms with Gasteiger partial charge in [-0.15, -0.1) is 0 Å². The minimum atomic E-state index is -0.524. The topological polar surface area (TPSA) is 102 Å². The number of nitrogen functional groups attached to an aromatic ring is 1. The summed E-state index contributed by atoms with van der Waals surface area (Å²) in [5, 5.41) is 9.41. The van der Waals surface area contributed by atoms with E-state index in [9.17, 15) is 14.7 Å². The highest BCUT2D eigenvalue weighted by Crippen LogP contribution is 2.23. The highest BCUT2D eigenvalue weighted by Gasteiger charge is 2.08. The molecule has 4 N–H and O–H groups in total. The number of nitrogens with two attached hydrogens (primary N) is 1. The van der Waals surface area contributed by atoms with Crippen LogP contribution in [0.15, 0.2) is 54.6 Å². The maximum atomic E-state index is 11.8. The molecular formula is C18H17ClN2O4. The number of hydrogen-bond donors (Lipinski definition) is 3. The molecule has 130 valence electrons. The minimum Gasteiger partial charge on any atom is -0.506 e. The quantitative estimate of drug-likeness (QED) is 0.242. The van der Waals surface area contributed by atoms with Gasteiger partial charge >= 0.3 is 5.97 Å². The molecular weight excluding hydrogens is 344 g/mol. The van der Waals surface area contributed by atoms with Crippen molar-refractivity contribution in [1.29, 1.82) is 0 Å². The number of halogens is 1. The van der Waals surface area contributed by atoms with Crippen LogP contribution in [0, 0.1) is 0 Å². The van der Waals surface area contributed by atoms with E-state index in [0.717, 1.165) is 5.56 Å². The van der Waals surface area contributed by atoms with Gasteiger partial charge in [0.25, 0.3) is 5.91 Å². The lowest BCUT2D eigenvalue weighted by atomic mass is 10.1. The molecule has 0 saturated heterocycles. The van der Waals surface area contributed by atoms with E-state index in [2.05, 4.69) is 5.43 Å². The molecule has 0 heterocycles. The average Bonchev–Trinajstić information content (AvgIpc) is 2.63. The summed E-state index contributed by atoms with van der Waals surface area (Å²) in [6.45, 7) is 0.116. The summed E-state index contributed by atoms with van der Waals surface area (Å²) >= 11 is 5.75. The fourth-order valence-corrected chi connectivity index (χ4v) is 2.18. The van der Waals surface area contributed by atoms with Crippen LogP contribution < -0.4 is 11.3 Å². The monoisotopic (exact) mass is 360 g/mol. The van der Waals surface area contributed by atoms with Crippen molar-refractivity contribution < 1.29 is 19.4 Å². The van der Waals surface area contributed by atoms with Gasteiger partial charge in [0.05, 0.1) is 10.6 Å². The van der Waals surface area contributed by atoms with Crippen molar-refractivity contribution in [1.82, 2.24) is 5.43 Å². The standard InChI is InChI=1S/C18H17ClN2O4/c19-15-11-14(8-9-16(15)22)18(24)25-10-2-1-3-12-4-6-13(7-5-12)17(23)21-20/h1-2,4-9,11,22H,3,10,20H2,(H,21,23). The second kappa shape index (κ2) is 8.86. The molecule has 0 saturated carbocycles. The van der Waals surface area contributed by atoms with Crippen molar-refractivity contribution >= 4 is 23.5 Å². The summed E-state index contributed by atoms with van der Waals surface area (Å²) in [7, 11) is 0. The number of phenols is 1. The van der Waals surface area contributed by atoms with E-state index < -0.39 is 5.97 Å². The van der Waals surface area contributed by atoms with E-state index in [1.165, 1.54) is 18.2 Å². The fraction of sp³-hybridized carbons (Fsp3) is 0.111. The third-order valence-electron chi connectivity index (χ3n) is 3.36. The number of hydrogen-bond acceptors (Lipinski definition) is 5. The predicted octanol–water partition coefficient (Wildman–Crippen LogP) is 2.60. The summed E-state index contributed by atoms with van der Waals surface area (Å²) in [5.74, 6) is 4.11. The molecule has 0 fully saturated rings. The fourth-order valence-electron chi connectivity index (χ4n) is 2.00. The Kier molecular flexibility index (Phi) is 6.56.